The molecule has 0 aliphatic carbocycles. The van der Waals surface area contributed by atoms with Crippen molar-refractivity contribution in [2.75, 3.05) is 69.4 Å². The van der Waals surface area contributed by atoms with Gasteiger partial charge in [0.25, 0.3) is 0 Å². The number of ether oxygens (including phenoxy) is 2. The van der Waals surface area contributed by atoms with Crippen LogP contribution >= 0.6 is 0 Å². The summed E-state index contributed by atoms with van der Waals surface area (Å²) in [4.78, 5) is 19.2. The molecule has 2 aliphatic heterocycles. The van der Waals surface area contributed by atoms with Crippen LogP contribution in [0.5, 0.6) is 5.75 Å². The van der Waals surface area contributed by atoms with Gasteiger partial charge >= 0.3 is 0 Å². The van der Waals surface area contributed by atoms with E-state index >= 15 is 0 Å². The second-order valence-corrected chi connectivity index (χ2v) is 7.72. The van der Waals surface area contributed by atoms with Gasteiger partial charge in [-0.15, -0.1) is 5.10 Å². The van der Waals surface area contributed by atoms with Crippen LogP contribution in [0.1, 0.15) is 11.1 Å². The summed E-state index contributed by atoms with van der Waals surface area (Å²) in [6, 6.07) is 8.01. The summed E-state index contributed by atoms with van der Waals surface area (Å²) in [5, 5.41) is 8.53. The summed E-state index contributed by atoms with van der Waals surface area (Å²) in [7, 11) is 1.66. The van der Waals surface area contributed by atoms with Crippen molar-refractivity contribution in [2.24, 2.45) is 0 Å². The van der Waals surface area contributed by atoms with Gasteiger partial charge in [-0.05, 0) is 24.1 Å². The Morgan fingerprint density at radius 1 is 1.07 bits per heavy atom. The number of hydrogen-bond donors (Lipinski definition) is 0. The number of aryl methyl sites for hydroxylation is 1. The maximum atomic E-state index is 12.8. The summed E-state index contributed by atoms with van der Waals surface area (Å²) in [6.45, 7) is 8.13. The molecule has 0 atom stereocenters. The number of nitrogens with zero attached hydrogens (tertiary/aromatic N) is 5. The zero-order chi connectivity index (χ0) is 20.9. The maximum Gasteiger partial charge on any atom is 0.227 e. The van der Waals surface area contributed by atoms with Gasteiger partial charge in [-0.2, -0.15) is 5.10 Å². The molecule has 1 aromatic carbocycles. The van der Waals surface area contributed by atoms with E-state index in [9.17, 15) is 4.79 Å². The molecule has 0 unspecified atom stereocenters. The van der Waals surface area contributed by atoms with Gasteiger partial charge < -0.3 is 24.2 Å². The Balaban J connectivity index is 1.33. The van der Waals surface area contributed by atoms with Gasteiger partial charge in [0.1, 0.15) is 5.75 Å². The lowest BCUT2D eigenvalue weighted by Gasteiger charge is -2.36. The molecule has 1 amide bonds. The normalized spacial score (nSPS) is 17.2. The van der Waals surface area contributed by atoms with Crippen LogP contribution in [0.3, 0.4) is 0 Å². The van der Waals surface area contributed by atoms with Crippen molar-refractivity contribution in [1.29, 1.82) is 0 Å². The smallest absolute Gasteiger partial charge is 0.227 e. The van der Waals surface area contributed by atoms with E-state index in [0.29, 0.717) is 19.5 Å². The van der Waals surface area contributed by atoms with Gasteiger partial charge in [0.05, 0.1) is 38.6 Å². The Kier molecular flexibility index (Phi) is 6.32. The third-order valence-corrected chi connectivity index (χ3v) is 5.77. The van der Waals surface area contributed by atoms with Gasteiger partial charge in [0, 0.05) is 45.3 Å². The summed E-state index contributed by atoms with van der Waals surface area (Å²) in [6.07, 6.45) is 2.22. The van der Waals surface area contributed by atoms with Crippen LogP contribution in [0.25, 0.3) is 0 Å². The van der Waals surface area contributed by atoms with E-state index in [2.05, 4.69) is 26.1 Å². The second kappa shape index (κ2) is 9.30. The lowest BCUT2D eigenvalue weighted by atomic mass is 10.1. The van der Waals surface area contributed by atoms with Crippen LogP contribution in [0, 0.1) is 6.92 Å². The number of piperazine rings is 1. The van der Waals surface area contributed by atoms with E-state index in [1.54, 1.807) is 7.11 Å². The highest BCUT2D eigenvalue weighted by Crippen LogP contribution is 2.22. The number of methoxy groups -OCH3 is 1. The van der Waals surface area contributed by atoms with Crippen molar-refractivity contribution in [3.63, 3.8) is 0 Å². The van der Waals surface area contributed by atoms with Crippen LogP contribution in [-0.4, -0.2) is 80.6 Å². The number of rotatable bonds is 5. The predicted octanol–water partition coefficient (Wildman–Crippen LogP) is 1.52. The van der Waals surface area contributed by atoms with E-state index < -0.39 is 0 Å². The monoisotopic (exact) mass is 411 g/mol. The van der Waals surface area contributed by atoms with Gasteiger partial charge in [-0.25, -0.2) is 0 Å². The fourth-order valence-electron chi connectivity index (χ4n) is 4.02. The van der Waals surface area contributed by atoms with Gasteiger partial charge in [-0.1, -0.05) is 12.1 Å². The Morgan fingerprint density at radius 2 is 1.83 bits per heavy atom. The highest BCUT2D eigenvalue weighted by Gasteiger charge is 2.23. The van der Waals surface area contributed by atoms with Crippen LogP contribution < -0.4 is 14.5 Å². The minimum absolute atomic E-state index is 0.160. The molecule has 0 spiro atoms. The zero-order valence-electron chi connectivity index (χ0n) is 17.7. The molecule has 2 aliphatic rings. The van der Waals surface area contributed by atoms with Crippen molar-refractivity contribution < 1.29 is 14.3 Å². The highest BCUT2D eigenvalue weighted by atomic mass is 16.5. The molecule has 8 heteroatoms. The van der Waals surface area contributed by atoms with E-state index in [0.717, 1.165) is 67.8 Å². The summed E-state index contributed by atoms with van der Waals surface area (Å²) in [5.74, 6) is 1.88. The summed E-state index contributed by atoms with van der Waals surface area (Å²) in [5.41, 5.74) is 3.15. The fraction of sp³-hybridized carbons (Fsp3) is 0.500. The number of aromatic nitrogens is 2. The molecule has 4 rings (SSSR count). The third-order valence-electron chi connectivity index (χ3n) is 5.77. The lowest BCUT2D eigenvalue weighted by Crippen LogP contribution is -2.49. The van der Waals surface area contributed by atoms with E-state index in [1.165, 1.54) is 0 Å². The Hall–Kier alpha value is -2.87. The number of hydrogen-bond acceptors (Lipinski definition) is 7. The molecule has 0 N–H and O–H groups in total. The summed E-state index contributed by atoms with van der Waals surface area (Å²) < 4.78 is 10.7. The van der Waals surface area contributed by atoms with Gasteiger partial charge in [-0.3, -0.25) is 4.79 Å². The predicted molar refractivity (Wildman–Crippen MR) is 115 cm³/mol. The molecule has 1 aromatic heterocycles. The molecule has 2 aromatic rings. The largest absolute Gasteiger partial charge is 0.496 e. The van der Waals surface area contributed by atoms with Crippen LogP contribution in [0.15, 0.2) is 30.5 Å². The zero-order valence-corrected chi connectivity index (χ0v) is 17.7. The molecule has 30 heavy (non-hydrogen) atoms. The number of anilines is 2. The Labute approximate surface area is 177 Å². The minimum Gasteiger partial charge on any atom is -0.496 e. The number of benzene rings is 1. The quantitative estimate of drug-likeness (QED) is 0.739. The molecule has 0 radical (unpaired) electrons. The first kappa shape index (κ1) is 20.4. The third kappa shape index (κ3) is 4.64. The van der Waals surface area contributed by atoms with Gasteiger partial charge in [0.2, 0.25) is 5.91 Å². The number of amides is 1. The Bertz CT molecular complexity index is 877. The summed E-state index contributed by atoms with van der Waals surface area (Å²) >= 11 is 0. The first-order valence-electron chi connectivity index (χ1n) is 10.5. The number of morpholine rings is 1. The lowest BCUT2D eigenvalue weighted by molar-refractivity contribution is -0.130. The molecule has 2 saturated heterocycles. The number of carbonyl (C=O) groups is 1. The van der Waals surface area contributed by atoms with Crippen LogP contribution in [0.4, 0.5) is 11.5 Å². The molecular weight excluding hydrogens is 382 g/mol. The van der Waals surface area contributed by atoms with Crippen molar-refractivity contribution in [2.45, 2.75) is 13.3 Å². The maximum absolute atomic E-state index is 12.8. The number of carbonyl (C=O) groups excluding carboxylic acids is 1. The topological polar surface area (TPSA) is 71.0 Å². The molecule has 160 valence electrons. The molecule has 2 fully saturated rings. The Morgan fingerprint density at radius 3 is 2.53 bits per heavy atom. The van der Waals surface area contributed by atoms with Gasteiger partial charge in [0.15, 0.2) is 5.82 Å². The molecule has 0 saturated carbocycles. The van der Waals surface area contributed by atoms with Crippen molar-refractivity contribution in [1.82, 2.24) is 15.1 Å². The minimum atomic E-state index is 0.160. The molecule has 0 bridgehead atoms. The SMILES string of the molecule is COc1ccc(CC(=O)N2CCN(c3cc(N4CCOCC4)cnn3)CC2)cc1C. The van der Waals surface area contributed by atoms with Crippen LogP contribution in [0.2, 0.25) is 0 Å². The fourth-order valence-corrected chi connectivity index (χ4v) is 4.02. The average Bonchev–Trinajstić information content (AvgIpc) is 2.80. The molecule has 8 nitrogen and oxygen atoms in total. The first-order chi connectivity index (χ1) is 14.6. The van der Waals surface area contributed by atoms with Crippen molar-refractivity contribution in [3.05, 3.63) is 41.6 Å². The van der Waals surface area contributed by atoms with Crippen molar-refractivity contribution >= 4 is 17.4 Å². The van der Waals surface area contributed by atoms with Crippen molar-refractivity contribution in [3.8, 4) is 5.75 Å². The molecule has 3 heterocycles. The van der Waals surface area contributed by atoms with E-state index in [1.807, 2.05) is 36.2 Å². The second-order valence-electron chi connectivity index (χ2n) is 7.72. The standard InChI is InChI=1S/C22H29N5O3/c1-17-13-18(3-4-20(17)29-2)14-22(28)27-7-5-26(6-8-27)21-15-19(16-23-24-21)25-9-11-30-12-10-25/h3-4,13,15-16H,5-12,14H2,1-2H3. The first-order valence-corrected chi connectivity index (χ1v) is 10.5. The van der Waals surface area contributed by atoms with Crippen LogP contribution in [-0.2, 0) is 16.0 Å². The average molecular weight is 412 g/mol. The highest BCUT2D eigenvalue weighted by molar-refractivity contribution is 5.79. The van der Waals surface area contributed by atoms with E-state index in [4.69, 9.17) is 9.47 Å². The molecular formula is C22H29N5O3. The van der Waals surface area contributed by atoms with E-state index in [-0.39, 0.29) is 5.91 Å².